The lowest BCUT2D eigenvalue weighted by atomic mass is 9.98. The van der Waals surface area contributed by atoms with Gasteiger partial charge in [-0.3, -0.25) is 0 Å². The van der Waals surface area contributed by atoms with Crippen molar-refractivity contribution in [2.75, 3.05) is 18.6 Å². The van der Waals surface area contributed by atoms with E-state index in [1.165, 1.54) is 19.2 Å². The number of pyridine rings is 1. The van der Waals surface area contributed by atoms with Crippen LogP contribution in [0.1, 0.15) is 16.1 Å². The first kappa shape index (κ1) is 17.3. The molecule has 2 aromatic heterocycles. The van der Waals surface area contributed by atoms with Crippen LogP contribution >= 0.6 is 0 Å². The molecule has 0 unspecified atom stereocenters. The molecule has 2 heterocycles. The molecular formula is C18H16FN5O2. The number of benzene rings is 1. The predicted octanol–water partition coefficient (Wildman–Crippen LogP) is 2.60. The van der Waals surface area contributed by atoms with Crippen molar-refractivity contribution in [3.63, 3.8) is 0 Å². The minimum atomic E-state index is -0.754. The van der Waals surface area contributed by atoms with Crippen molar-refractivity contribution in [2.24, 2.45) is 0 Å². The summed E-state index contributed by atoms with van der Waals surface area (Å²) in [6.45, 7) is 1.77. The van der Waals surface area contributed by atoms with E-state index in [-0.39, 0.29) is 11.5 Å². The molecule has 3 rings (SSSR count). The van der Waals surface area contributed by atoms with Crippen molar-refractivity contribution in [3.05, 3.63) is 53.6 Å². The number of methoxy groups -OCH3 is 1. The maximum Gasteiger partial charge on any atom is 0.340 e. The van der Waals surface area contributed by atoms with Crippen molar-refractivity contribution in [1.82, 2.24) is 15.0 Å². The molecule has 0 saturated heterocycles. The molecule has 0 spiro atoms. The Hall–Kier alpha value is -3.55. The predicted molar refractivity (Wildman–Crippen MR) is 95.6 cm³/mol. The zero-order valence-electron chi connectivity index (χ0n) is 14.2. The number of ether oxygens (including phenoxy) is 1. The van der Waals surface area contributed by atoms with Gasteiger partial charge in [0.1, 0.15) is 11.6 Å². The van der Waals surface area contributed by atoms with E-state index in [1.54, 1.807) is 31.3 Å². The Kier molecular flexibility index (Phi) is 4.49. The fraction of sp³-hybridized carbons (Fsp3) is 0.111. The lowest BCUT2D eigenvalue weighted by Gasteiger charge is -2.13. The third-order valence-corrected chi connectivity index (χ3v) is 3.83. The second-order valence-corrected chi connectivity index (χ2v) is 5.55. The van der Waals surface area contributed by atoms with Gasteiger partial charge in [-0.15, -0.1) is 0 Å². The Morgan fingerprint density at radius 1 is 1.12 bits per heavy atom. The number of anilines is 2. The molecule has 0 bridgehead atoms. The highest BCUT2D eigenvalue weighted by Gasteiger charge is 2.18. The summed E-state index contributed by atoms with van der Waals surface area (Å²) in [4.78, 5) is 24.1. The van der Waals surface area contributed by atoms with Gasteiger partial charge >= 0.3 is 5.97 Å². The number of hydrogen-bond donors (Lipinski definition) is 2. The second-order valence-electron chi connectivity index (χ2n) is 5.55. The van der Waals surface area contributed by atoms with E-state index in [0.29, 0.717) is 33.9 Å². The van der Waals surface area contributed by atoms with Gasteiger partial charge in [-0.05, 0) is 31.2 Å². The third-order valence-electron chi connectivity index (χ3n) is 3.83. The normalized spacial score (nSPS) is 10.6. The number of nitrogen functional groups attached to an aromatic ring is 2. The molecule has 8 heteroatoms. The summed E-state index contributed by atoms with van der Waals surface area (Å²) >= 11 is 0. The van der Waals surface area contributed by atoms with Gasteiger partial charge in [-0.1, -0.05) is 6.07 Å². The smallest absolute Gasteiger partial charge is 0.340 e. The molecule has 0 aliphatic rings. The molecule has 0 aliphatic carbocycles. The van der Waals surface area contributed by atoms with Gasteiger partial charge in [-0.25, -0.2) is 24.1 Å². The van der Waals surface area contributed by atoms with Crippen LogP contribution in [0.25, 0.3) is 22.4 Å². The lowest BCUT2D eigenvalue weighted by molar-refractivity contribution is 0.0595. The van der Waals surface area contributed by atoms with Gasteiger partial charge in [0.15, 0.2) is 0 Å². The molecule has 0 fully saturated rings. The molecule has 0 saturated carbocycles. The van der Waals surface area contributed by atoms with E-state index < -0.39 is 11.8 Å². The molecule has 132 valence electrons. The Morgan fingerprint density at radius 3 is 2.46 bits per heavy atom. The van der Waals surface area contributed by atoms with Gasteiger partial charge in [0, 0.05) is 22.9 Å². The minimum absolute atomic E-state index is 0.0575. The minimum Gasteiger partial charge on any atom is -0.465 e. The van der Waals surface area contributed by atoms with Crippen LogP contribution in [0.3, 0.4) is 0 Å². The summed E-state index contributed by atoms with van der Waals surface area (Å²) in [5.41, 5.74) is 14.1. The number of esters is 1. The first-order valence-electron chi connectivity index (χ1n) is 7.65. The number of nitrogens with two attached hydrogens (primary N) is 2. The fourth-order valence-corrected chi connectivity index (χ4v) is 2.64. The second kappa shape index (κ2) is 6.75. The zero-order chi connectivity index (χ0) is 18.8. The van der Waals surface area contributed by atoms with Crippen molar-refractivity contribution < 1.29 is 13.9 Å². The summed E-state index contributed by atoms with van der Waals surface area (Å²) in [5.74, 6) is -1.04. The Balaban J connectivity index is 2.20. The fourth-order valence-electron chi connectivity index (χ4n) is 2.64. The van der Waals surface area contributed by atoms with Crippen LogP contribution in [0, 0.1) is 12.7 Å². The van der Waals surface area contributed by atoms with Gasteiger partial charge in [0.25, 0.3) is 0 Å². The summed E-state index contributed by atoms with van der Waals surface area (Å²) in [6.07, 6.45) is 1.58. The number of aryl methyl sites for hydroxylation is 1. The van der Waals surface area contributed by atoms with Crippen molar-refractivity contribution >= 4 is 17.7 Å². The lowest BCUT2D eigenvalue weighted by Crippen LogP contribution is -2.06. The van der Waals surface area contributed by atoms with Crippen molar-refractivity contribution in [3.8, 4) is 22.4 Å². The molecule has 26 heavy (non-hydrogen) atoms. The van der Waals surface area contributed by atoms with Crippen LogP contribution in [0.4, 0.5) is 16.2 Å². The Bertz CT molecular complexity index is 990. The summed E-state index contributed by atoms with van der Waals surface area (Å²) in [5, 5.41) is 0. The standard InChI is InChI=1S/C18H16FN5O2/c1-9-15(11-4-6-14(20)22-8-11)16(24-18(21)23-9)10-3-5-12(13(19)7-10)17(25)26-2/h3-8H,1-2H3,(H2,20,22)(H2,21,23,24). The Labute approximate surface area is 148 Å². The topological polar surface area (TPSA) is 117 Å². The first-order chi connectivity index (χ1) is 12.4. The summed E-state index contributed by atoms with van der Waals surface area (Å²) in [7, 11) is 1.19. The van der Waals surface area contributed by atoms with Gasteiger partial charge < -0.3 is 16.2 Å². The first-order valence-corrected chi connectivity index (χ1v) is 7.65. The number of hydrogen-bond acceptors (Lipinski definition) is 7. The molecule has 4 N–H and O–H groups in total. The average molecular weight is 353 g/mol. The van der Waals surface area contributed by atoms with Crippen LogP contribution in [-0.4, -0.2) is 28.0 Å². The van der Waals surface area contributed by atoms with Gasteiger partial charge in [0.05, 0.1) is 24.1 Å². The maximum atomic E-state index is 14.4. The van der Waals surface area contributed by atoms with Crippen LogP contribution in [0.5, 0.6) is 0 Å². The highest BCUT2D eigenvalue weighted by molar-refractivity contribution is 5.91. The number of aromatic nitrogens is 3. The Morgan fingerprint density at radius 2 is 1.85 bits per heavy atom. The molecular weight excluding hydrogens is 337 g/mol. The summed E-state index contributed by atoms with van der Waals surface area (Å²) in [6, 6.07) is 7.55. The number of rotatable bonds is 3. The third kappa shape index (κ3) is 3.16. The summed E-state index contributed by atoms with van der Waals surface area (Å²) < 4.78 is 18.9. The molecule has 0 atom stereocenters. The van der Waals surface area contributed by atoms with E-state index in [1.807, 2.05) is 0 Å². The van der Waals surface area contributed by atoms with E-state index in [4.69, 9.17) is 11.5 Å². The van der Waals surface area contributed by atoms with Crippen LogP contribution < -0.4 is 11.5 Å². The van der Waals surface area contributed by atoms with Crippen LogP contribution in [0.15, 0.2) is 36.5 Å². The van der Waals surface area contributed by atoms with E-state index in [0.717, 1.165) is 0 Å². The zero-order valence-corrected chi connectivity index (χ0v) is 14.2. The molecule has 7 nitrogen and oxygen atoms in total. The van der Waals surface area contributed by atoms with Gasteiger partial charge in [-0.2, -0.15) is 0 Å². The number of carbonyl (C=O) groups excluding carboxylic acids is 1. The van der Waals surface area contributed by atoms with E-state index >= 15 is 0 Å². The molecule has 3 aromatic rings. The highest BCUT2D eigenvalue weighted by Crippen LogP contribution is 2.33. The molecule has 0 amide bonds. The SMILES string of the molecule is COC(=O)c1ccc(-c2nc(N)nc(C)c2-c2ccc(N)nc2)cc1F. The van der Waals surface area contributed by atoms with Gasteiger partial charge in [0.2, 0.25) is 5.95 Å². The average Bonchev–Trinajstić information content (AvgIpc) is 2.61. The number of nitrogens with zero attached hydrogens (tertiary/aromatic N) is 3. The van der Waals surface area contributed by atoms with Crippen molar-refractivity contribution in [1.29, 1.82) is 0 Å². The van der Waals surface area contributed by atoms with Crippen LogP contribution in [0.2, 0.25) is 0 Å². The highest BCUT2D eigenvalue weighted by atomic mass is 19.1. The largest absolute Gasteiger partial charge is 0.465 e. The molecule has 0 radical (unpaired) electrons. The molecule has 0 aliphatic heterocycles. The van der Waals surface area contributed by atoms with E-state index in [2.05, 4.69) is 19.7 Å². The molecule has 1 aromatic carbocycles. The number of halogens is 1. The quantitative estimate of drug-likeness (QED) is 0.695. The van der Waals surface area contributed by atoms with E-state index in [9.17, 15) is 9.18 Å². The maximum absolute atomic E-state index is 14.4. The van der Waals surface area contributed by atoms with Crippen molar-refractivity contribution in [2.45, 2.75) is 6.92 Å². The number of carbonyl (C=O) groups is 1. The van der Waals surface area contributed by atoms with Crippen LogP contribution in [-0.2, 0) is 4.74 Å². The monoisotopic (exact) mass is 353 g/mol.